The number of carbonyl (C=O) groups is 1. The topological polar surface area (TPSA) is 45.7 Å². The van der Waals surface area contributed by atoms with Crippen LogP contribution in [0, 0.1) is 0 Å². The lowest BCUT2D eigenvalue weighted by atomic mass is 10.1. The van der Waals surface area contributed by atoms with Gasteiger partial charge in [-0.2, -0.15) is 0 Å². The molecule has 2 aliphatic rings. The predicted octanol–water partition coefficient (Wildman–Crippen LogP) is 2.65. The lowest BCUT2D eigenvalue weighted by Crippen LogP contribution is -2.47. The van der Waals surface area contributed by atoms with Crippen molar-refractivity contribution in [3.63, 3.8) is 0 Å². The Morgan fingerprint density at radius 1 is 1.15 bits per heavy atom. The van der Waals surface area contributed by atoms with Crippen molar-refractivity contribution < 1.29 is 9.53 Å². The van der Waals surface area contributed by atoms with Crippen LogP contribution in [-0.4, -0.2) is 48.1 Å². The molecule has 0 aliphatic carbocycles. The van der Waals surface area contributed by atoms with E-state index in [2.05, 4.69) is 28.1 Å². The molecule has 1 aromatic heterocycles. The third kappa shape index (κ3) is 3.88. The first kappa shape index (κ1) is 17.0. The third-order valence-electron chi connectivity index (χ3n) is 5.23. The smallest absolute Gasteiger partial charge is 0.242 e. The van der Waals surface area contributed by atoms with Gasteiger partial charge in [-0.05, 0) is 43.0 Å². The highest BCUT2D eigenvalue weighted by molar-refractivity contribution is 5.82. The number of amides is 1. The lowest BCUT2D eigenvalue weighted by Gasteiger charge is -2.34. The minimum atomic E-state index is 0.0978. The van der Waals surface area contributed by atoms with Crippen LogP contribution in [0.3, 0.4) is 0 Å². The molecule has 2 aliphatic heterocycles. The van der Waals surface area contributed by atoms with Gasteiger partial charge in [-0.25, -0.2) is 0 Å². The van der Waals surface area contributed by atoms with E-state index in [1.54, 1.807) is 6.20 Å². The number of carbonyl (C=O) groups excluding carboxylic acids is 1. The van der Waals surface area contributed by atoms with Crippen LogP contribution in [0.15, 0.2) is 48.7 Å². The molecule has 136 valence electrons. The van der Waals surface area contributed by atoms with Gasteiger partial charge < -0.3 is 14.5 Å². The lowest BCUT2D eigenvalue weighted by molar-refractivity contribution is -0.134. The molecule has 5 nitrogen and oxygen atoms in total. The van der Waals surface area contributed by atoms with Gasteiger partial charge in [0.2, 0.25) is 5.91 Å². The van der Waals surface area contributed by atoms with E-state index in [0.29, 0.717) is 19.7 Å². The van der Waals surface area contributed by atoms with Crippen LogP contribution in [0.2, 0.25) is 0 Å². The molecule has 0 bridgehead atoms. The summed E-state index contributed by atoms with van der Waals surface area (Å²) in [7, 11) is 0. The molecule has 4 rings (SSSR count). The van der Waals surface area contributed by atoms with Crippen LogP contribution >= 0.6 is 0 Å². The minimum Gasteiger partial charge on any atom is -0.370 e. The average Bonchev–Trinajstić information content (AvgIpc) is 3.10. The average molecular weight is 351 g/mol. The summed E-state index contributed by atoms with van der Waals surface area (Å²) < 4.78 is 6.01. The number of nitrogens with zero attached hydrogens (tertiary/aromatic N) is 3. The molecule has 1 aromatic carbocycles. The number of para-hydroxylation sites is 1. The number of aromatic nitrogens is 1. The summed E-state index contributed by atoms with van der Waals surface area (Å²) >= 11 is 0. The number of anilines is 1. The second-order valence-corrected chi connectivity index (χ2v) is 7.04. The zero-order valence-electron chi connectivity index (χ0n) is 15.0. The van der Waals surface area contributed by atoms with E-state index in [4.69, 9.17) is 4.74 Å². The van der Waals surface area contributed by atoms with E-state index in [1.165, 1.54) is 11.3 Å². The quantitative estimate of drug-likeness (QED) is 0.831. The Morgan fingerprint density at radius 2 is 2.04 bits per heavy atom. The van der Waals surface area contributed by atoms with Crippen molar-refractivity contribution in [1.29, 1.82) is 0 Å². The second-order valence-electron chi connectivity index (χ2n) is 7.04. The van der Waals surface area contributed by atoms with Crippen LogP contribution in [0.5, 0.6) is 0 Å². The molecule has 2 aromatic rings. The molecule has 26 heavy (non-hydrogen) atoms. The van der Waals surface area contributed by atoms with Gasteiger partial charge in [0.25, 0.3) is 0 Å². The highest BCUT2D eigenvalue weighted by Gasteiger charge is 2.27. The van der Waals surface area contributed by atoms with Gasteiger partial charge in [-0.15, -0.1) is 0 Å². The summed E-state index contributed by atoms with van der Waals surface area (Å²) in [6.45, 7) is 3.41. The number of ether oxygens (including phenoxy) is 1. The normalized spacial score (nSPS) is 19.5. The standard InChI is InChI=1S/C21H25N3O2/c25-21(15-23-13-10-17-6-1-2-9-20(17)23)24-12-5-8-19(14-24)26-16-18-7-3-4-11-22-18/h1-4,6-7,9,11,19H,5,8,10,12-16H2/t19-/m1/s1. The summed E-state index contributed by atoms with van der Waals surface area (Å²) in [6, 6.07) is 14.2. The molecular formula is C21H25N3O2. The molecule has 0 radical (unpaired) electrons. The molecular weight excluding hydrogens is 326 g/mol. The van der Waals surface area contributed by atoms with Crippen molar-refractivity contribution in [2.45, 2.75) is 32.0 Å². The second kappa shape index (κ2) is 7.87. The first-order valence-electron chi connectivity index (χ1n) is 9.42. The molecule has 0 N–H and O–H groups in total. The minimum absolute atomic E-state index is 0.0978. The van der Waals surface area contributed by atoms with E-state index in [-0.39, 0.29) is 12.0 Å². The number of hydrogen-bond acceptors (Lipinski definition) is 4. The third-order valence-corrected chi connectivity index (χ3v) is 5.23. The molecule has 0 unspecified atom stereocenters. The molecule has 1 amide bonds. The number of benzene rings is 1. The van der Waals surface area contributed by atoms with E-state index in [1.807, 2.05) is 29.2 Å². The Kier molecular flexibility index (Phi) is 5.16. The Bertz CT molecular complexity index is 750. The maximum atomic E-state index is 12.8. The largest absolute Gasteiger partial charge is 0.370 e. The molecule has 3 heterocycles. The van der Waals surface area contributed by atoms with Gasteiger partial charge in [-0.1, -0.05) is 24.3 Å². The van der Waals surface area contributed by atoms with Gasteiger partial charge in [-0.3, -0.25) is 9.78 Å². The summed E-state index contributed by atoms with van der Waals surface area (Å²) in [6.07, 6.45) is 4.90. The van der Waals surface area contributed by atoms with Crippen molar-refractivity contribution in [3.05, 3.63) is 59.9 Å². The molecule has 0 spiro atoms. The van der Waals surface area contributed by atoms with Crippen molar-refractivity contribution in [1.82, 2.24) is 9.88 Å². The maximum absolute atomic E-state index is 12.8. The summed E-state index contributed by atoms with van der Waals surface area (Å²) in [4.78, 5) is 21.3. The predicted molar refractivity (Wildman–Crippen MR) is 101 cm³/mol. The number of hydrogen-bond donors (Lipinski definition) is 0. The fourth-order valence-corrected chi connectivity index (χ4v) is 3.82. The van der Waals surface area contributed by atoms with Crippen LogP contribution in [0.4, 0.5) is 5.69 Å². The van der Waals surface area contributed by atoms with E-state index in [9.17, 15) is 4.79 Å². The van der Waals surface area contributed by atoms with Crippen LogP contribution in [-0.2, 0) is 22.6 Å². The Hall–Kier alpha value is -2.40. The highest BCUT2D eigenvalue weighted by Crippen LogP contribution is 2.27. The van der Waals surface area contributed by atoms with Gasteiger partial charge in [0.15, 0.2) is 0 Å². The Balaban J connectivity index is 1.31. The monoisotopic (exact) mass is 351 g/mol. The summed E-state index contributed by atoms with van der Waals surface area (Å²) in [5.74, 6) is 0.202. The SMILES string of the molecule is O=C(CN1CCc2ccccc21)N1CCC[C@@H](OCc2ccccn2)C1. The van der Waals surface area contributed by atoms with Crippen molar-refractivity contribution in [3.8, 4) is 0 Å². The molecule has 5 heteroatoms. The van der Waals surface area contributed by atoms with Crippen LogP contribution < -0.4 is 4.90 Å². The zero-order chi connectivity index (χ0) is 17.8. The van der Waals surface area contributed by atoms with Crippen molar-refractivity contribution >= 4 is 11.6 Å². The fourth-order valence-electron chi connectivity index (χ4n) is 3.82. The van der Waals surface area contributed by atoms with Gasteiger partial charge in [0.1, 0.15) is 0 Å². The number of piperidine rings is 1. The first-order valence-corrected chi connectivity index (χ1v) is 9.42. The van der Waals surface area contributed by atoms with Crippen LogP contribution in [0.25, 0.3) is 0 Å². The maximum Gasteiger partial charge on any atom is 0.242 e. The summed E-state index contributed by atoms with van der Waals surface area (Å²) in [5, 5.41) is 0. The van der Waals surface area contributed by atoms with Crippen LogP contribution in [0.1, 0.15) is 24.1 Å². The Labute approximate surface area is 154 Å². The number of fused-ring (bicyclic) bond motifs is 1. The molecule has 1 saturated heterocycles. The van der Waals surface area contributed by atoms with E-state index >= 15 is 0 Å². The first-order chi connectivity index (χ1) is 12.8. The number of likely N-dealkylation sites (tertiary alicyclic amines) is 1. The van der Waals surface area contributed by atoms with Gasteiger partial charge >= 0.3 is 0 Å². The Morgan fingerprint density at radius 3 is 2.92 bits per heavy atom. The van der Waals surface area contributed by atoms with Gasteiger partial charge in [0, 0.05) is 31.5 Å². The van der Waals surface area contributed by atoms with Crippen molar-refractivity contribution in [2.75, 3.05) is 31.1 Å². The molecule has 1 fully saturated rings. The fraction of sp³-hybridized carbons (Fsp3) is 0.429. The summed E-state index contributed by atoms with van der Waals surface area (Å²) in [5.41, 5.74) is 3.49. The number of pyridine rings is 1. The molecule has 1 atom stereocenters. The van der Waals surface area contributed by atoms with Crippen molar-refractivity contribution in [2.24, 2.45) is 0 Å². The van der Waals surface area contributed by atoms with Gasteiger partial charge in [0.05, 0.1) is 24.9 Å². The van der Waals surface area contributed by atoms with E-state index < -0.39 is 0 Å². The zero-order valence-corrected chi connectivity index (χ0v) is 15.0. The van der Waals surface area contributed by atoms with E-state index in [0.717, 1.165) is 38.0 Å². The molecule has 0 saturated carbocycles. The number of rotatable bonds is 5. The highest BCUT2D eigenvalue weighted by atomic mass is 16.5.